The Morgan fingerprint density at radius 2 is 2.32 bits per heavy atom. The van der Waals surface area contributed by atoms with Crippen LogP contribution in [0.4, 0.5) is 10.1 Å². The molecule has 0 aromatic heterocycles. The van der Waals surface area contributed by atoms with Gasteiger partial charge in [0.25, 0.3) is 0 Å². The van der Waals surface area contributed by atoms with Gasteiger partial charge in [0.15, 0.2) is 0 Å². The van der Waals surface area contributed by atoms with Gasteiger partial charge in [-0.2, -0.15) is 5.26 Å². The van der Waals surface area contributed by atoms with E-state index in [-0.39, 0.29) is 17.5 Å². The minimum atomic E-state index is -0.481. The summed E-state index contributed by atoms with van der Waals surface area (Å²) in [5.41, 5.74) is 0.923. The van der Waals surface area contributed by atoms with Gasteiger partial charge in [0.05, 0.1) is 17.7 Å². The van der Waals surface area contributed by atoms with E-state index >= 15 is 0 Å². The molecule has 1 aromatic rings. The third-order valence-electron chi connectivity index (χ3n) is 3.36. The molecule has 0 aliphatic carbocycles. The van der Waals surface area contributed by atoms with E-state index in [1.807, 2.05) is 6.07 Å². The van der Waals surface area contributed by atoms with Gasteiger partial charge < -0.3 is 10.6 Å². The van der Waals surface area contributed by atoms with Crippen LogP contribution >= 0.6 is 0 Å². The lowest BCUT2D eigenvalue weighted by molar-refractivity contribution is -0.118. The number of carbonyl (C=O) groups is 1. The maximum Gasteiger partial charge on any atom is 0.241 e. The molecule has 1 atom stereocenters. The monoisotopic (exact) mass is 261 g/mol. The number of nitriles is 1. The minimum Gasteiger partial charge on any atom is -0.324 e. The molecule has 2 rings (SSSR count). The molecule has 1 aliphatic rings. The predicted molar refractivity (Wildman–Crippen MR) is 70.1 cm³/mol. The van der Waals surface area contributed by atoms with Gasteiger partial charge in [0.2, 0.25) is 5.91 Å². The van der Waals surface area contributed by atoms with Crippen LogP contribution in [0.1, 0.15) is 30.4 Å². The van der Waals surface area contributed by atoms with Crippen molar-refractivity contribution in [2.75, 3.05) is 11.9 Å². The highest BCUT2D eigenvalue weighted by Gasteiger charge is 2.21. The van der Waals surface area contributed by atoms with Crippen LogP contribution in [0.15, 0.2) is 12.1 Å². The lowest BCUT2D eigenvalue weighted by Crippen LogP contribution is -2.43. The molecule has 1 aliphatic heterocycles. The molecule has 100 valence electrons. The fraction of sp³-hybridized carbons (Fsp3) is 0.429. The molecule has 1 fully saturated rings. The molecule has 0 saturated carbocycles. The molecule has 0 spiro atoms. The summed E-state index contributed by atoms with van der Waals surface area (Å²) < 4.78 is 13.6. The van der Waals surface area contributed by atoms with E-state index in [9.17, 15) is 9.18 Å². The lowest BCUT2D eigenvalue weighted by Gasteiger charge is -2.23. The Morgan fingerprint density at radius 1 is 1.53 bits per heavy atom. The Morgan fingerprint density at radius 3 is 2.95 bits per heavy atom. The van der Waals surface area contributed by atoms with E-state index in [2.05, 4.69) is 10.6 Å². The Balaban J connectivity index is 2.16. The van der Waals surface area contributed by atoms with Crippen LogP contribution in [0.3, 0.4) is 0 Å². The molecule has 1 aromatic carbocycles. The van der Waals surface area contributed by atoms with Gasteiger partial charge in [-0.1, -0.05) is 6.42 Å². The Labute approximate surface area is 111 Å². The number of nitrogens with zero attached hydrogens (tertiary/aromatic N) is 1. The third kappa shape index (κ3) is 3.09. The highest BCUT2D eigenvalue weighted by atomic mass is 19.1. The fourth-order valence-electron chi connectivity index (χ4n) is 2.17. The molecule has 1 saturated heterocycles. The van der Waals surface area contributed by atoms with Gasteiger partial charge in [-0.05, 0) is 38.4 Å². The number of rotatable bonds is 2. The van der Waals surface area contributed by atoms with Crippen molar-refractivity contribution in [3.8, 4) is 6.07 Å². The summed E-state index contributed by atoms with van der Waals surface area (Å²) in [5.74, 6) is -0.650. The SMILES string of the molecule is Cc1c(F)cc(C#N)cc1NC(=O)[C@H]1CCCCN1. The summed E-state index contributed by atoms with van der Waals surface area (Å²) in [6.07, 6.45) is 2.86. The Bertz CT molecular complexity index is 530. The first-order valence-electron chi connectivity index (χ1n) is 6.36. The molecule has 4 nitrogen and oxygen atoms in total. The van der Waals surface area contributed by atoms with Gasteiger partial charge in [-0.25, -0.2) is 4.39 Å². The number of anilines is 1. The number of piperidine rings is 1. The van der Waals surface area contributed by atoms with Crippen LogP contribution in [0, 0.1) is 24.1 Å². The van der Waals surface area contributed by atoms with E-state index in [4.69, 9.17) is 5.26 Å². The maximum absolute atomic E-state index is 13.6. The molecular weight excluding hydrogens is 245 g/mol. The van der Waals surface area contributed by atoms with Crippen LogP contribution in [0.5, 0.6) is 0 Å². The molecule has 0 unspecified atom stereocenters. The molecule has 2 N–H and O–H groups in total. The van der Waals surface area contributed by atoms with Crippen molar-refractivity contribution in [3.63, 3.8) is 0 Å². The van der Waals surface area contributed by atoms with Crippen LogP contribution < -0.4 is 10.6 Å². The van der Waals surface area contributed by atoms with Gasteiger partial charge in [0.1, 0.15) is 5.82 Å². The fourth-order valence-corrected chi connectivity index (χ4v) is 2.17. The number of amides is 1. The smallest absolute Gasteiger partial charge is 0.241 e. The van der Waals surface area contributed by atoms with E-state index in [0.29, 0.717) is 11.3 Å². The minimum absolute atomic E-state index is 0.169. The van der Waals surface area contributed by atoms with Crippen LogP contribution in [-0.2, 0) is 4.79 Å². The van der Waals surface area contributed by atoms with Crippen LogP contribution in [0.25, 0.3) is 0 Å². The average molecular weight is 261 g/mol. The van der Waals surface area contributed by atoms with Crippen molar-refractivity contribution >= 4 is 11.6 Å². The van der Waals surface area contributed by atoms with Crippen molar-refractivity contribution in [2.24, 2.45) is 0 Å². The van der Waals surface area contributed by atoms with Crippen LogP contribution in [0.2, 0.25) is 0 Å². The number of nitrogens with one attached hydrogen (secondary N) is 2. The standard InChI is InChI=1S/C14H16FN3O/c1-9-11(15)6-10(8-16)7-13(9)18-14(19)12-4-2-3-5-17-12/h6-7,12,17H,2-5H2,1H3,(H,18,19)/t12-/m1/s1. The van der Waals surface area contributed by atoms with Crippen molar-refractivity contribution < 1.29 is 9.18 Å². The molecule has 5 heteroatoms. The first-order chi connectivity index (χ1) is 9.11. The highest BCUT2D eigenvalue weighted by molar-refractivity contribution is 5.95. The Kier molecular flexibility index (Phi) is 4.13. The number of hydrogen-bond donors (Lipinski definition) is 2. The number of halogens is 1. The molecule has 1 heterocycles. The molecule has 0 radical (unpaired) electrons. The second-order valence-electron chi connectivity index (χ2n) is 4.73. The van der Waals surface area contributed by atoms with Gasteiger partial charge >= 0.3 is 0 Å². The van der Waals surface area contributed by atoms with Crippen molar-refractivity contribution in [2.45, 2.75) is 32.2 Å². The second-order valence-corrected chi connectivity index (χ2v) is 4.73. The third-order valence-corrected chi connectivity index (χ3v) is 3.36. The van der Waals surface area contributed by atoms with Crippen molar-refractivity contribution in [3.05, 3.63) is 29.1 Å². The summed E-state index contributed by atoms with van der Waals surface area (Å²) in [7, 11) is 0. The van der Waals surface area contributed by atoms with Gasteiger partial charge in [0, 0.05) is 11.3 Å². The van der Waals surface area contributed by atoms with Gasteiger partial charge in [-0.3, -0.25) is 4.79 Å². The second kappa shape index (κ2) is 5.81. The summed E-state index contributed by atoms with van der Waals surface area (Å²) >= 11 is 0. The van der Waals surface area contributed by atoms with Crippen LogP contribution in [-0.4, -0.2) is 18.5 Å². The molecule has 19 heavy (non-hydrogen) atoms. The lowest BCUT2D eigenvalue weighted by atomic mass is 10.0. The molecule has 1 amide bonds. The number of carbonyl (C=O) groups excluding carboxylic acids is 1. The average Bonchev–Trinajstić information content (AvgIpc) is 2.44. The summed E-state index contributed by atoms with van der Waals surface area (Å²) in [5, 5.41) is 14.7. The Hall–Kier alpha value is -1.93. The first kappa shape index (κ1) is 13.5. The van der Waals surface area contributed by atoms with E-state index < -0.39 is 5.82 Å². The van der Waals surface area contributed by atoms with E-state index in [0.717, 1.165) is 25.8 Å². The zero-order valence-corrected chi connectivity index (χ0v) is 10.8. The van der Waals surface area contributed by atoms with Crippen molar-refractivity contribution in [1.29, 1.82) is 5.26 Å². The molecular formula is C14H16FN3O. The van der Waals surface area contributed by atoms with E-state index in [1.165, 1.54) is 12.1 Å². The summed E-state index contributed by atoms with van der Waals surface area (Å²) in [6.45, 7) is 2.41. The number of hydrogen-bond acceptors (Lipinski definition) is 3. The van der Waals surface area contributed by atoms with Gasteiger partial charge in [-0.15, -0.1) is 0 Å². The summed E-state index contributed by atoms with van der Waals surface area (Å²) in [4.78, 5) is 12.1. The predicted octanol–water partition coefficient (Wildman–Crippen LogP) is 2.09. The maximum atomic E-state index is 13.6. The number of benzene rings is 1. The normalized spacial score (nSPS) is 18.7. The first-order valence-corrected chi connectivity index (χ1v) is 6.36. The topological polar surface area (TPSA) is 64.9 Å². The zero-order chi connectivity index (χ0) is 13.8. The zero-order valence-electron chi connectivity index (χ0n) is 10.8. The molecule has 0 bridgehead atoms. The quantitative estimate of drug-likeness (QED) is 0.856. The highest BCUT2D eigenvalue weighted by Crippen LogP contribution is 2.21. The van der Waals surface area contributed by atoms with Crippen molar-refractivity contribution in [1.82, 2.24) is 5.32 Å². The van der Waals surface area contributed by atoms with E-state index in [1.54, 1.807) is 6.92 Å². The largest absolute Gasteiger partial charge is 0.324 e. The summed E-state index contributed by atoms with van der Waals surface area (Å²) in [6, 6.07) is 4.32.